The van der Waals surface area contributed by atoms with Gasteiger partial charge in [0.15, 0.2) is 0 Å². The summed E-state index contributed by atoms with van der Waals surface area (Å²) in [4.78, 5) is 10.9. The monoisotopic (exact) mass is 261 g/mol. The van der Waals surface area contributed by atoms with Gasteiger partial charge in [-0.3, -0.25) is 4.79 Å². The highest BCUT2D eigenvalue weighted by Gasteiger charge is 2.26. The first kappa shape index (κ1) is 13.7. The first-order valence-corrected chi connectivity index (χ1v) is 6.58. The molecule has 0 aliphatic rings. The fourth-order valence-corrected chi connectivity index (χ4v) is 2.46. The van der Waals surface area contributed by atoms with Gasteiger partial charge in [0, 0.05) is 0 Å². The van der Waals surface area contributed by atoms with Crippen molar-refractivity contribution >= 4 is 16.0 Å². The lowest BCUT2D eigenvalue weighted by Crippen LogP contribution is -2.41. The maximum absolute atomic E-state index is 11.8. The van der Waals surface area contributed by atoms with Gasteiger partial charge in [0.1, 0.15) is 17.2 Å². The zero-order valence-corrected chi connectivity index (χ0v) is 10.4. The molecule has 1 aromatic rings. The highest BCUT2D eigenvalue weighted by Crippen LogP contribution is 2.12. The number of furan rings is 1. The molecule has 96 valence electrons. The van der Waals surface area contributed by atoms with Crippen LogP contribution in [-0.4, -0.2) is 25.5 Å². The molecular weight excluding hydrogens is 246 g/mol. The fourth-order valence-electron chi connectivity index (χ4n) is 1.33. The van der Waals surface area contributed by atoms with Gasteiger partial charge in [-0.15, -0.1) is 0 Å². The van der Waals surface area contributed by atoms with Crippen LogP contribution in [0.25, 0.3) is 0 Å². The van der Waals surface area contributed by atoms with Gasteiger partial charge in [-0.25, -0.2) is 8.42 Å². The van der Waals surface area contributed by atoms with Crippen LogP contribution >= 0.6 is 0 Å². The Kier molecular flexibility index (Phi) is 4.30. The lowest BCUT2D eigenvalue weighted by Gasteiger charge is -2.15. The molecule has 1 aromatic heterocycles. The van der Waals surface area contributed by atoms with E-state index in [2.05, 4.69) is 9.14 Å². The molecule has 0 amide bonds. The van der Waals surface area contributed by atoms with Crippen molar-refractivity contribution < 1.29 is 22.7 Å². The van der Waals surface area contributed by atoms with Crippen molar-refractivity contribution in [3.8, 4) is 0 Å². The summed E-state index contributed by atoms with van der Waals surface area (Å²) < 4.78 is 30.3. The number of hydrogen-bond acceptors (Lipinski definition) is 4. The maximum atomic E-state index is 11.8. The average Bonchev–Trinajstić information content (AvgIpc) is 2.68. The Balaban J connectivity index is 2.84. The van der Waals surface area contributed by atoms with E-state index in [9.17, 15) is 13.2 Å². The van der Waals surface area contributed by atoms with Gasteiger partial charge in [-0.05, 0) is 18.4 Å². The van der Waals surface area contributed by atoms with Crippen LogP contribution in [-0.2, 0) is 14.8 Å². The van der Waals surface area contributed by atoms with Crippen LogP contribution in [0.4, 0.5) is 0 Å². The highest BCUT2D eigenvalue weighted by atomic mass is 32.2. The summed E-state index contributed by atoms with van der Waals surface area (Å²) in [6.45, 7) is 3.64. The Morgan fingerprint density at radius 2 is 2.18 bits per heavy atom. The van der Waals surface area contributed by atoms with E-state index in [1.165, 1.54) is 12.3 Å². The zero-order chi connectivity index (χ0) is 13.1. The second kappa shape index (κ2) is 5.33. The van der Waals surface area contributed by atoms with E-state index in [-0.39, 0.29) is 17.2 Å². The third-order valence-electron chi connectivity index (χ3n) is 2.11. The van der Waals surface area contributed by atoms with E-state index < -0.39 is 22.0 Å². The molecule has 0 unspecified atom stereocenters. The molecule has 17 heavy (non-hydrogen) atoms. The van der Waals surface area contributed by atoms with Crippen LogP contribution in [0.15, 0.2) is 27.9 Å². The minimum atomic E-state index is -3.83. The molecule has 2 N–H and O–H groups in total. The summed E-state index contributed by atoms with van der Waals surface area (Å²) in [7, 11) is -3.83. The number of carboxylic acids is 1. The number of hydrogen-bond donors (Lipinski definition) is 2. The SMILES string of the molecule is CC(C)C[C@H](NS(=O)(=O)c1ccoc1)C(=O)O. The molecule has 0 saturated carbocycles. The van der Waals surface area contributed by atoms with Crippen molar-refractivity contribution in [1.82, 2.24) is 4.72 Å². The molecule has 6 nitrogen and oxygen atoms in total. The van der Waals surface area contributed by atoms with Gasteiger partial charge in [0.25, 0.3) is 0 Å². The molecule has 0 radical (unpaired) electrons. The molecule has 0 aliphatic heterocycles. The van der Waals surface area contributed by atoms with Crippen molar-refractivity contribution in [2.24, 2.45) is 5.92 Å². The first-order valence-electron chi connectivity index (χ1n) is 5.10. The maximum Gasteiger partial charge on any atom is 0.321 e. The second-order valence-electron chi connectivity index (χ2n) is 4.10. The number of sulfonamides is 1. The normalized spacial score (nSPS) is 13.8. The van der Waals surface area contributed by atoms with Crippen LogP contribution < -0.4 is 4.72 Å². The van der Waals surface area contributed by atoms with Crippen LogP contribution in [0.5, 0.6) is 0 Å². The minimum absolute atomic E-state index is 0.0724. The van der Waals surface area contributed by atoms with Gasteiger partial charge < -0.3 is 9.52 Å². The smallest absolute Gasteiger partial charge is 0.321 e. The van der Waals surface area contributed by atoms with E-state index in [0.29, 0.717) is 0 Å². The van der Waals surface area contributed by atoms with Crippen molar-refractivity contribution in [1.29, 1.82) is 0 Å². The lowest BCUT2D eigenvalue weighted by molar-refractivity contribution is -0.139. The van der Waals surface area contributed by atoms with E-state index in [1.807, 2.05) is 13.8 Å². The van der Waals surface area contributed by atoms with Crippen molar-refractivity contribution in [2.45, 2.75) is 31.2 Å². The fraction of sp³-hybridized carbons (Fsp3) is 0.500. The molecule has 7 heteroatoms. The van der Waals surface area contributed by atoms with Gasteiger partial charge >= 0.3 is 5.97 Å². The Labute approximate surface area is 99.7 Å². The minimum Gasteiger partial charge on any atom is -0.480 e. The molecule has 0 fully saturated rings. The number of nitrogens with one attached hydrogen (secondary N) is 1. The number of carbonyl (C=O) groups is 1. The van der Waals surface area contributed by atoms with E-state index in [4.69, 9.17) is 5.11 Å². The zero-order valence-electron chi connectivity index (χ0n) is 9.58. The molecule has 1 rings (SSSR count). The number of carboxylic acid groups (broad SMARTS) is 1. The molecule has 0 bridgehead atoms. The predicted molar refractivity (Wildman–Crippen MR) is 59.9 cm³/mol. The van der Waals surface area contributed by atoms with Crippen LogP contribution in [0, 0.1) is 5.92 Å². The Hall–Kier alpha value is -1.34. The van der Waals surface area contributed by atoms with Gasteiger partial charge in [-0.2, -0.15) is 4.72 Å². The largest absolute Gasteiger partial charge is 0.480 e. The molecule has 0 aromatic carbocycles. The van der Waals surface area contributed by atoms with Gasteiger partial charge in [-0.1, -0.05) is 13.8 Å². The molecule has 0 saturated heterocycles. The van der Waals surface area contributed by atoms with Crippen molar-refractivity contribution in [3.05, 3.63) is 18.6 Å². The first-order chi connectivity index (χ1) is 7.83. The Bertz CT molecular complexity index is 463. The summed E-state index contributed by atoms with van der Waals surface area (Å²) >= 11 is 0. The van der Waals surface area contributed by atoms with Crippen LogP contribution in [0.2, 0.25) is 0 Å². The Morgan fingerprint density at radius 3 is 2.59 bits per heavy atom. The Morgan fingerprint density at radius 1 is 1.53 bits per heavy atom. The van der Waals surface area contributed by atoms with E-state index in [1.54, 1.807) is 0 Å². The van der Waals surface area contributed by atoms with E-state index >= 15 is 0 Å². The standard InChI is InChI=1S/C10H15NO5S/c1-7(2)5-9(10(12)13)11-17(14,15)8-3-4-16-6-8/h3-4,6-7,9,11H,5H2,1-2H3,(H,12,13)/t9-/m0/s1. The number of aliphatic carboxylic acids is 1. The summed E-state index contributed by atoms with van der Waals surface area (Å²) in [5, 5.41) is 8.93. The third kappa shape index (κ3) is 3.86. The van der Waals surface area contributed by atoms with Crippen LogP contribution in [0.3, 0.4) is 0 Å². The highest BCUT2D eigenvalue weighted by molar-refractivity contribution is 7.89. The third-order valence-corrected chi connectivity index (χ3v) is 3.56. The molecule has 1 heterocycles. The predicted octanol–water partition coefficient (Wildman–Crippen LogP) is 1.06. The lowest BCUT2D eigenvalue weighted by atomic mass is 10.1. The van der Waals surface area contributed by atoms with Crippen LogP contribution in [0.1, 0.15) is 20.3 Å². The summed E-state index contributed by atoms with van der Waals surface area (Å²) in [6, 6.07) is 0.131. The molecule has 0 spiro atoms. The topological polar surface area (TPSA) is 96.6 Å². The summed E-state index contributed by atoms with van der Waals surface area (Å²) in [5.74, 6) is -1.12. The van der Waals surface area contributed by atoms with Crippen molar-refractivity contribution in [2.75, 3.05) is 0 Å². The average molecular weight is 261 g/mol. The van der Waals surface area contributed by atoms with Gasteiger partial charge in [0.05, 0.1) is 6.26 Å². The van der Waals surface area contributed by atoms with E-state index in [0.717, 1.165) is 6.26 Å². The summed E-state index contributed by atoms with van der Waals surface area (Å²) in [5.41, 5.74) is 0. The molecule has 0 aliphatic carbocycles. The number of rotatable bonds is 6. The summed E-state index contributed by atoms with van der Waals surface area (Å²) in [6.07, 6.45) is 2.50. The quantitative estimate of drug-likeness (QED) is 0.798. The van der Waals surface area contributed by atoms with Crippen molar-refractivity contribution in [3.63, 3.8) is 0 Å². The molecule has 1 atom stereocenters. The van der Waals surface area contributed by atoms with Gasteiger partial charge in [0.2, 0.25) is 10.0 Å². The molecular formula is C10H15NO5S. The second-order valence-corrected chi connectivity index (χ2v) is 5.81.